The molecule has 0 aliphatic rings. The minimum atomic E-state index is -3.82. The first-order chi connectivity index (χ1) is 6.34. The molecule has 1 rings (SSSR count). The van der Waals surface area contributed by atoms with Crippen LogP contribution in [0.3, 0.4) is 0 Å². The maximum Gasteiger partial charge on any atom is 0.384 e. The molecule has 0 atom stereocenters. The molecule has 0 aliphatic heterocycles. The van der Waals surface area contributed by atoms with Gasteiger partial charge in [0.15, 0.2) is 0 Å². The van der Waals surface area contributed by atoms with Crippen LogP contribution in [0.25, 0.3) is 0 Å². The van der Waals surface area contributed by atoms with E-state index in [-0.39, 0.29) is 5.56 Å². The molecule has 0 aromatic heterocycles. The zero-order valence-electron chi connectivity index (χ0n) is 7.77. The van der Waals surface area contributed by atoms with Gasteiger partial charge in [-0.05, 0) is 36.6 Å². The summed E-state index contributed by atoms with van der Waals surface area (Å²) in [6, 6.07) is 4.90. The minimum Gasteiger partial charge on any atom is -0.286 e. The summed E-state index contributed by atoms with van der Waals surface area (Å²) in [5, 5.41) is -3.82. The van der Waals surface area contributed by atoms with Crippen LogP contribution in [-0.4, -0.2) is 11.2 Å². The molecule has 4 heteroatoms. The van der Waals surface area contributed by atoms with E-state index in [0.717, 1.165) is 0 Å². The molecule has 0 fully saturated rings. The van der Waals surface area contributed by atoms with Crippen LogP contribution in [0.4, 0.5) is 8.78 Å². The van der Waals surface area contributed by atoms with Crippen molar-refractivity contribution in [3.05, 3.63) is 34.9 Å². The Labute approximate surface area is 85.7 Å². The van der Waals surface area contributed by atoms with E-state index >= 15 is 0 Å². The highest BCUT2D eigenvalue weighted by molar-refractivity contribution is 6.35. The van der Waals surface area contributed by atoms with Gasteiger partial charge in [0.25, 0.3) is 0 Å². The van der Waals surface area contributed by atoms with Crippen molar-refractivity contribution >= 4 is 17.4 Å². The van der Waals surface area contributed by atoms with Gasteiger partial charge in [0.2, 0.25) is 5.78 Å². The highest BCUT2D eigenvalue weighted by atomic mass is 35.5. The molecule has 0 bridgehead atoms. The molecule has 0 radical (unpaired) electrons. The monoisotopic (exact) mass is 218 g/mol. The van der Waals surface area contributed by atoms with E-state index in [1.165, 1.54) is 0 Å². The Morgan fingerprint density at radius 1 is 1.29 bits per heavy atom. The Kier molecular flexibility index (Phi) is 2.90. The van der Waals surface area contributed by atoms with Gasteiger partial charge < -0.3 is 0 Å². The zero-order chi connectivity index (χ0) is 10.9. The Morgan fingerprint density at radius 3 is 2.07 bits per heavy atom. The van der Waals surface area contributed by atoms with Crippen molar-refractivity contribution in [3.63, 3.8) is 0 Å². The second kappa shape index (κ2) is 3.65. The smallest absolute Gasteiger partial charge is 0.286 e. The quantitative estimate of drug-likeness (QED) is 0.550. The van der Waals surface area contributed by atoms with Crippen LogP contribution in [0.15, 0.2) is 18.2 Å². The summed E-state index contributed by atoms with van der Waals surface area (Å²) in [4.78, 5) is 11.2. The van der Waals surface area contributed by atoms with Crippen LogP contribution in [0.5, 0.6) is 0 Å². The second-order valence-corrected chi connectivity index (χ2v) is 3.57. The molecule has 1 nitrogen and oxygen atoms in total. The number of ketones is 1. The second-order valence-electron chi connectivity index (χ2n) is 3.09. The molecule has 0 N–H and O–H groups in total. The predicted molar refractivity (Wildman–Crippen MR) is 51.0 cm³/mol. The number of aryl methyl sites for hydroxylation is 2. The summed E-state index contributed by atoms with van der Waals surface area (Å²) in [7, 11) is 0. The summed E-state index contributed by atoms with van der Waals surface area (Å²) in [6.07, 6.45) is 0. The standard InChI is InChI=1S/C10H9ClF2O/c1-6-4-3-5-7(2)8(6)9(14)10(11,12)13/h3-5H,1-2H3. The van der Waals surface area contributed by atoms with Gasteiger partial charge in [-0.15, -0.1) is 0 Å². The maximum atomic E-state index is 12.6. The number of alkyl halides is 3. The number of carbonyl (C=O) groups is 1. The van der Waals surface area contributed by atoms with Gasteiger partial charge in [0, 0.05) is 5.56 Å². The van der Waals surface area contributed by atoms with Crippen molar-refractivity contribution in [3.8, 4) is 0 Å². The number of carbonyl (C=O) groups excluding carboxylic acids is 1. The minimum absolute atomic E-state index is 0.00694. The van der Waals surface area contributed by atoms with Gasteiger partial charge in [-0.1, -0.05) is 18.2 Å². The Morgan fingerprint density at radius 2 is 1.71 bits per heavy atom. The fourth-order valence-electron chi connectivity index (χ4n) is 1.31. The van der Waals surface area contributed by atoms with Crippen LogP contribution < -0.4 is 0 Å². The lowest BCUT2D eigenvalue weighted by atomic mass is 9.99. The summed E-state index contributed by atoms with van der Waals surface area (Å²) in [6.45, 7) is 3.20. The summed E-state index contributed by atoms with van der Waals surface area (Å²) in [5.74, 6) is -1.34. The van der Waals surface area contributed by atoms with E-state index in [0.29, 0.717) is 11.1 Å². The average molecular weight is 219 g/mol. The number of Topliss-reactive ketones (excluding diaryl/α,β-unsaturated/α-hetero) is 1. The maximum absolute atomic E-state index is 12.6. The number of rotatable bonds is 2. The van der Waals surface area contributed by atoms with Crippen molar-refractivity contribution in [2.75, 3.05) is 0 Å². The van der Waals surface area contributed by atoms with Crippen LogP contribution in [-0.2, 0) is 0 Å². The lowest BCUT2D eigenvalue weighted by Crippen LogP contribution is -2.23. The third-order valence-corrected chi connectivity index (χ3v) is 2.14. The molecule has 1 aromatic rings. The van der Waals surface area contributed by atoms with E-state index in [9.17, 15) is 13.6 Å². The number of benzene rings is 1. The van der Waals surface area contributed by atoms with Gasteiger partial charge in [-0.3, -0.25) is 4.79 Å². The lowest BCUT2D eigenvalue weighted by molar-refractivity contribution is 0.0534. The molecule has 76 valence electrons. The molecule has 0 aliphatic carbocycles. The first-order valence-corrected chi connectivity index (χ1v) is 4.39. The van der Waals surface area contributed by atoms with Gasteiger partial charge >= 0.3 is 5.38 Å². The number of halogens is 3. The largest absolute Gasteiger partial charge is 0.384 e. The fraction of sp³-hybridized carbons (Fsp3) is 0.300. The van der Waals surface area contributed by atoms with E-state index in [4.69, 9.17) is 0 Å². The molecule has 0 spiro atoms. The van der Waals surface area contributed by atoms with Gasteiger partial charge in [0.1, 0.15) is 0 Å². The topological polar surface area (TPSA) is 17.1 Å². The van der Waals surface area contributed by atoms with Crippen molar-refractivity contribution in [2.24, 2.45) is 0 Å². The van der Waals surface area contributed by atoms with E-state index in [1.54, 1.807) is 32.0 Å². The fourth-order valence-corrected chi connectivity index (χ4v) is 1.41. The van der Waals surface area contributed by atoms with Crippen molar-refractivity contribution in [1.82, 2.24) is 0 Å². The summed E-state index contributed by atoms with van der Waals surface area (Å²) in [5.41, 5.74) is 1.03. The molecule has 1 aromatic carbocycles. The normalized spacial score (nSPS) is 11.5. The molecular weight excluding hydrogens is 210 g/mol. The summed E-state index contributed by atoms with van der Waals surface area (Å²) < 4.78 is 25.2. The van der Waals surface area contributed by atoms with Gasteiger partial charge in [-0.2, -0.15) is 8.78 Å². The molecule has 0 heterocycles. The molecular formula is C10H9ClF2O. The van der Waals surface area contributed by atoms with Crippen LogP contribution >= 0.6 is 11.6 Å². The van der Waals surface area contributed by atoms with E-state index in [1.807, 2.05) is 0 Å². The summed E-state index contributed by atoms with van der Waals surface area (Å²) >= 11 is 4.68. The molecule has 0 unspecified atom stereocenters. The first kappa shape index (κ1) is 11.1. The van der Waals surface area contributed by atoms with Crippen molar-refractivity contribution < 1.29 is 13.6 Å². The van der Waals surface area contributed by atoms with Gasteiger partial charge in [-0.25, -0.2) is 0 Å². The molecule has 0 saturated carbocycles. The molecule has 14 heavy (non-hydrogen) atoms. The number of hydrogen-bond donors (Lipinski definition) is 0. The van der Waals surface area contributed by atoms with Crippen molar-refractivity contribution in [1.29, 1.82) is 0 Å². The third kappa shape index (κ3) is 2.10. The first-order valence-electron chi connectivity index (χ1n) is 4.02. The predicted octanol–water partition coefficient (Wildman–Crippen LogP) is 3.32. The Hall–Kier alpha value is -0.960. The lowest BCUT2D eigenvalue weighted by Gasteiger charge is -2.11. The Bertz CT molecular complexity index is 349. The van der Waals surface area contributed by atoms with Crippen LogP contribution in [0.2, 0.25) is 0 Å². The average Bonchev–Trinajstić information content (AvgIpc) is 2.01. The van der Waals surface area contributed by atoms with Crippen LogP contribution in [0, 0.1) is 13.8 Å². The van der Waals surface area contributed by atoms with Crippen molar-refractivity contribution in [2.45, 2.75) is 19.2 Å². The van der Waals surface area contributed by atoms with E-state index < -0.39 is 11.2 Å². The highest BCUT2D eigenvalue weighted by Crippen LogP contribution is 2.27. The third-order valence-electron chi connectivity index (χ3n) is 1.97. The number of hydrogen-bond acceptors (Lipinski definition) is 1. The molecule has 0 amide bonds. The Balaban J connectivity index is 3.26. The molecule has 0 saturated heterocycles. The van der Waals surface area contributed by atoms with Gasteiger partial charge in [0.05, 0.1) is 0 Å². The van der Waals surface area contributed by atoms with E-state index in [2.05, 4.69) is 11.6 Å². The van der Waals surface area contributed by atoms with Crippen LogP contribution in [0.1, 0.15) is 21.5 Å². The highest BCUT2D eigenvalue weighted by Gasteiger charge is 2.37. The SMILES string of the molecule is Cc1cccc(C)c1C(=O)C(F)(F)Cl. The zero-order valence-corrected chi connectivity index (χ0v) is 8.53.